The Kier molecular flexibility index (Phi) is 4.52. The molecule has 1 rings (SSSR count). The highest BCUT2D eigenvalue weighted by molar-refractivity contribution is 7.75. The summed E-state index contributed by atoms with van der Waals surface area (Å²) in [7, 11) is 1.86. The number of nitrogens with zero attached hydrogens (tertiary/aromatic N) is 2. The van der Waals surface area contributed by atoms with Crippen molar-refractivity contribution in [3.05, 3.63) is 0 Å². The van der Waals surface area contributed by atoms with Gasteiger partial charge in [0.05, 0.1) is 0 Å². The summed E-state index contributed by atoms with van der Waals surface area (Å²) in [6, 6.07) is -0.546. The lowest BCUT2D eigenvalue weighted by atomic mass is 9.97. The van der Waals surface area contributed by atoms with Gasteiger partial charge in [-0.2, -0.15) is 5.06 Å². The number of nitrogens with two attached hydrogens (primary N) is 1. The van der Waals surface area contributed by atoms with E-state index in [-0.39, 0.29) is 11.8 Å². The molecule has 0 radical (unpaired) electrons. The molecule has 7 heteroatoms. The van der Waals surface area contributed by atoms with E-state index < -0.39 is 6.04 Å². The minimum absolute atomic E-state index is 0.0437. The third-order valence-corrected chi connectivity index (χ3v) is 2.86. The number of piperidine rings is 1. The Hall–Kier alpha value is -0.630. The number of likely N-dealkylation sites (tertiary alicyclic amines) is 1. The first-order chi connectivity index (χ1) is 7.13. The van der Waals surface area contributed by atoms with E-state index in [0.29, 0.717) is 25.9 Å². The Bertz CT molecular complexity index is 251. The van der Waals surface area contributed by atoms with Crippen LogP contribution in [0.3, 0.4) is 0 Å². The molecule has 1 fully saturated rings. The smallest absolute Gasteiger partial charge is 0.235 e. The van der Waals surface area contributed by atoms with Crippen molar-refractivity contribution in [1.29, 1.82) is 0 Å². The summed E-state index contributed by atoms with van der Waals surface area (Å²) in [6.07, 6.45) is 0.783. The minimum Gasteiger partial charge on any atom is -0.329 e. The molecule has 0 bridgehead atoms. The second kappa shape index (κ2) is 5.45. The maximum Gasteiger partial charge on any atom is 0.235 e. The van der Waals surface area contributed by atoms with Gasteiger partial charge in [0.25, 0.3) is 0 Å². The van der Waals surface area contributed by atoms with Gasteiger partial charge in [0.1, 0.15) is 6.04 Å². The van der Waals surface area contributed by atoms with Crippen LogP contribution in [0.4, 0.5) is 0 Å². The maximum absolute atomic E-state index is 11.7. The summed E-state index contributed by atoms with van der Waals surface area (Å²) in [5.74, 6) is -0.0512. The Morgan fingerprint density at radius 1 is 1.80 bits per heavy atom. The van der Waals surface area contributed by atoms with Crippen LogP contribution in [0.25, 0.3) is 0 Å². The minimum atomic E-state index is -0.590. The predicted octanol–water partition coefficient (Wildman–Crippen LogP) is -1.18. The molecule has 1 aliphatic rings. The maximum atomic E-state index is 11.7. The van der Waals surface area contributed by atoms with Gasteiger partial charge in [-0.25, -0.2) is 4.28 Å². The van der Waals surface area contributed by atoms with Crippen LogP contribution in [0.1, 0.15) is 6.42 Å². The fourth-order valence-corrected chi connectivity index (χ4v) is 1.84. The molecule has 1 heterocycles. The number of thiol groups is 1. The zero-order chi connectivity index (χ0) is 11.4. The number of amides is 1. The van der Waals surface area contributed by atoms with Gasteiger partial charge in [0.2, 0.25) is 6.41 Å². The van der Waals surface area contributed by atoms with Crippen LogP contribution in [-0.4, -0.2) is 54.4 Å². The average Bonchev–Trinajstić information content (AvgIpc) is 2.24. The molecule has 86 valence electrons. The number of hydrogen-bond acceptors (Lipinski definition) is 6. The van der Waals surface area contributed by atoms with E-state index in [1.54, 1.807) is 0 Å². The lowest BCUT2D eigenvalue weighted by Crippen LogP contribution is -2.56. The van der Waals surface area contributed by atoms with Crippen molar-refractivity contribution in [2.75, 3.05) is 20.1 Å². The molecule has 1 unspecified atom stereocenters. The van der Waals surface area contributed by atoms with Gasteiger partial charge < -0.3 is 5.73 Å². The highest BCUT2D eigenvalue weighted by Crippen LogP contribution is 2.16. The second-order valence-corrected chi connectivity index (χ2v) is 3.73. The average molecular weight is 233 g/mol. The Balaban J connectivity index is 2.69. The molecular formula is C8H15N3O3S. The number of hydrogen-bond donors (Lipinski definition) is 2. The molecular weight excluding hydrogens is 218 g/mol. The normalized spacial score (nSPS) is 27.8. The van der Waals surface area contributed by atoms with Gasteiger partial charge in [-0.3, -0.25) is 14.5 Å². The molecule has 0 spiro atoms. The first-order valence-corrected chi connectivity index (χ1v) is 4.98. The van der Waals surface area contributed by atoms with Crippen molar-refractivity contribution in [1.82, 2.24) is 9.96 Å². The molecule has 6 nitrogen and oxygen atoms in total. The van der Waals surface area contributed by atoms with E-state index in [0.717, 1.165) is 5.06 Å². The van der Waals surface area contributed by atoms with E-state index in [9.17, 15) is 9.59 Å². The largest absolute Gasteiger partial charge is 0.329 e. The molecule has 0 aliphatic carbocycles. The summed E-state index contributed by atoms with van der Waals surface area (Å²) < 4.78 is 4.51. The van der Waals surface area contributed by atoms with Gasteiger partial charge in [0.15, 0.2) is 5.78 Å². The molecule has 0 aromatic heterocycles. The monoisotopic (exact) mass is 233 g/mol. The van der Waals surface area contributed by atoms with E-state index in [2.05, 4.69) is 17.2 Å². The number of rotatable bonds is 4. The van der Waals surface area contributed by atoms with E-state index >= 15 is 0 Å². The Morgan fingerprint density at radius 2 is 2.47 bits per heavy atom. The van der Waals surface area contributed by atoms with Crippen molar-refractivity contribution in [2.24, 2.45) is 5.73 Å². The topological polar surface area (TPSA) is 75.9 Å². The zero-order valence-corrected chi connectivity index (χ0v) is 9.39. The SMILES string of the molecule is CN1CC(N(C=O)OS)C(=O)C[C@H]1CN. The van der Waals surface area contributed by atoms with Crippen LogP contribution >= 0.6 is 12.9 Å². The molecule has 0 aromatic carbocycles. The van der Waals surface area contributed by atoms with Crippen LogP contribution in [0.2, 0.25) is 0 Å². The number of likely N-dealkylation sites (N-methyl/N-ethyl adjacent to an activating group) is 1. The fourth-order valence-electron chi connectivity index (χ4n) is 1.68. The molecule has 15 heavy (non-hydrogen) atoms. The molecule has 0 aromatic rings. The van der Waals surface area contributed by atoms with Crippen molar-refractivity contribution < 1.29 is 13.9 Å². The van der Waals surface area contributed by atoms with Gasteiger partial charge >= 0.3 is 0 Å². The summed E-state index contributed by atoms with van der Waals surface area (Å²) in [5, 5.41) is 0.911. The lowest BCUT2D eigenvalue weighted by molar-refractivity contribution is -0.159. The predicted molar refractivity (Wildman–Crippen MR) is 56.9 cm³/mol. The molecule has 1 saturated heterocycles. The first-order valence-electron chi connectivity index (χ1n) is 4.62. The highest BCUT2D eigenvalue weighted by atomic mass is 32.1. The zero-order valence-electron chi connectivity index (χ0n) is 8.50. The van der Waals surface area contributed by atoms with Crippen LogP contribution < -0.4 is 5.73 Å². The number of carbonyl (C=O) groups excluding carboxylic acids is 2. The van der Waals surface area contributed by atoms with Gasteiger partial charge in [-0.1, -0.05) is 0 Å². The first kappa shape index (κ1) is 12.4. The van der Waals surface area contributed by atoms with Gasteiger partial charge in [-0.05, 0) is 7.05 Å². The van der Waals surface area contributed by atoms with Crippen molar-refractivity contribution in [2.45, 2.75) is 18.5 Å². The molecule has 1 aliphatic heterocycles. The summed E-state index contributed by atoms with van der Waals surface area (Å²) in [4.78, 5) is 24.2. The van der Waals surface area contributed by atoms with Gasteiger partial charge in [-0.15, -0.1) is 0 Å². The van der Waals surface area contributed by atoms with Crippen molar-refractivity contribution >= 4 is 25.1 Å². The third-order valence-electron chi connectivity index (χ3n) is 2.67. The highest BCUT2D eigenvalue weighted by Gasteiger charge is 2.35. The van der Waals surface area contributed by atoms with Crippen LogP contribution in [0.5, 0.6) is 0 Å². The summed E-state index contributed by atoms with van der Waals surface area (Å²) in [5.41, 5.74) is 5.52. The molecule has 1 amide bonds. The summed E-state index contributed by atoms with van der Waals surface area (Å²) >= 11 is 3.52. The van der Waals surface area contributed by atoms with Crippen LogP contribution in [0, 0.1) is 0 Å². The van der Waals surface area contributed by atoms with Gasteiger partial charge in [0, 0.05) is 38.5 Å². The molecule has 2 atom stereocenters. The Morgan fingerprint density at radius 3 is 2.93 bits per heavy atom. The molecule has 0 saturated carbocycles. The Labute approximate surface area is 93.9 Å². The van der Waals surface area contributed by atoms with Crippen molar-refractivity contribution in [3.8, 4) is 0 Å². The van der Waals surface area contributed by atoms with E-state index in [1.807, 2.05) is 11.9 Å². The van der Waals surface area contributed by atoms with Crippen LogP contribution in [-0.2, 0) is 13.9 Å². The number of carbonyl (C=O) groups is 2. The lowest BCUT2D eigenvalue weighted by Gasteiger charge is -2.37. The van der Waals surface area contributed by atoms with Crippen molar-refractivity contribution in [3.63, 3.8) is 0 Å². The number of Topliss-reactive ketones (excluding diaryl/α,β-unsaturated/α-hetero) is 1. The van der Waals surface area contributed by atoms with Crippen LogP contribution in [0.15, 0.2) is 0 Å². The van der Waals surface area contributed by atoms with E-state index in [1.165, 1.54) is 0 Å². The fraction of sp³-hybridized carbons (Fsp3) is 0.750. The molecule has 2 N–H and O–H groups in total. The summed E-state index contributed by atoms with van der Waals surface area (Å²) in [6.45, 7) is 0.845. The standard InChI is InChI=1S/C8H15N3O3S/c1-10-4-7(11(5-12)14-15)8(13)2-6(10)3-9/h5-7,15H,2-4,9H2,1H3/t6-,7?/m0/s1. The number of hydroxylamine groups is 2. The quantitative estimate of drug-likeness (QED) is 0.277. The van der Waals surface area contributed by atoms with E-state index in [4.69, 9.17) is 5.73 Å². The number of ketones is 1. The third kappa shape index (κ3) is 2.69. The second-order valence-electron chi connectivity index (χ2n) is 3.56.